The second-order valence-corrected chi connectivity index (χ2v) is 7.02. The van der Waals surface area contributed by atoms with Crippen LogP contribution in [0.2, 0.25) is 0 Å². The number of carbonyl (C=O) groups excluding carboxylic acids is 1. The summed E-state index contributed by atoms with van der Waals surface area (Å²) in [6, 6.07) is 18.2. The monoisotopic (exact) mass is 378 g/mol. The van der Waals surface area contributed by atoms with Gasteiger partial charge in [0.2, 0.25) is 0 Å². The number of nitrogens with one attached hydrogen (secondary N) is 1. The van der Waals surface area contributed by atoms with Crippen LogP contribution < -0.4 is 5.32 Å². The Morgan fingerprint density at radius 1 is 1.00 bits per heavy atom. The number of rotatable bonds is 8. The Morgan fingerprint density at radius 3 is 2.39 bits per heavy atom. The largest absolute Gasteiger partial charge is 0.352 e. The van der Waals surface area contributed by atoms with Gasteiger partial charge in [-0.1, -0.05) is 56.5 Å². The summed E-state index contributed by atoms with van der Waals surface area (Å²) < 4.78 is 15.4. The molecule has 1 N–H and O–H groups in total. The van der Waals surface area contributed by atoms with E-state index in [2.05, 4.69) is 12.2 Å². The number of hydrogen-bond donors (Lipinski definition) is 1. The molecule has 0 spiro atoms. The van der Waals surface area contributed by atoms with E-state index >= 15 is 0 Å². The summed E-state index contributed by atoms with van der Waals surface area (Å²) >= 11 is 0. The molecule has 0 unspecified atom stereocenters. The molecular weight excluding hydrogens is 351 g/mol. The number of amides is 1. The van der Waals surface area contributed by atoms with E-state index in [-0.39, 0.29) is 11.7 Å². The van der Waals surface area contributed by atoms with Gasteiger partial charge in [-0.3, -0.25) is 4.79 Å². The number of nitrogens with zero attached hydrogens (tertiary/aromatic N) is 1. The normalized spacial score (nSPS) is 10.8. The van der Waals surface area contributed by atoms with E-state index in [4.69, 9.17) is 0 Å². The quantitative estimate of drug-likeness (QED) is 0.486. The molecular formula is C24H27FN2O. The van der Waals surface area contributed by atoms with Gasteiger partial charge in [0, 0.05) is 17.9 Å². The zero-order chi connectivity index (χ0) is 19.9. The molecule has 3 rings (SSSR count). The molecule has 2 aromatic carbocycles. The summed E-state index contributed by atoms with van der Waals surface area (Å²) in [5.41, 5.74) is 4.26. The van der Waals surface area contributed by atoms with Gasteiger partial charge >= 0.3 is 0 Å². The van der Waals surface area contributed by atoms with Crippen molar-refractivity contribution in [1.82, 2.24) is 9.88 Å². The van der Waals surface area contributed by atoms with Gasteiger partial charge in [0.15, 0.2) is 0 Å². The number of aromatic nitrogens is 1. The number of hydrogen-bond acceptors (Lipinski definition) is 1. The van der Waals surface area contributed by atoms with Gasteiger partial charge < -0.3 is 9.88 Å². The van der Waals surface area contributed by atoms with Crippen molar-refractivity contribution in [2.24, 2.45) is 0 Å². The van der Waals surface area contributed by atoms with Crippen LogP contribution in [0, 0.1) is 12.7 Å². The second-order valence-electron chi connectivity index (χ2n) is 7.02. The van der Waals surface area contributed by atoms with Gasteiger partial charge in [-0.25, -0.2) is 4.39 Å². The van der Waals surface area contributed by atoms with Crippen molar-refractivity contribution in [2.75, 3.05) is 6.54 Å². The zero-order valence-corrected chi connectivity index (χ0v) is 16.5. The third kappa shape index (κ3) is 4.50. The highest BCUT2D eigenvalue weighted by Crippen LogP contribution is 2.29. The third-order valence-electron chi connectivity index (χ3n) is 4.96. The molecule has 0 saturated heterocycles. The Hall–Kier alpha value is -2.88. The maximum Gasteiger partial charge on any atom is 0.253 e. The first kappa shape index (κ1) is 19.9. The Kier molecular flexibility index (Phi) is 6.64. The van der Waals surface area contributed by atoms with Gasteiger partial charge in [0.05, 0.1) is 11.3 Å². The molecule has 3 aromatic rings. The van der Waals surface area contributed by atoms with E-state index in [1.807, 2.05) is 47.9 Å². The lowest BCUT2D eigenvalue weighted by Gasteiger charge is -2.12. The number of halogens is 1. The van der Waals surface area contributed by atoms with Crippen molar-refractivity contribution < 1.29 is 9.18 Å². The number of unbranched alkanes of at least 4 members (excludes halogenated alkanes) is 3. The Labute approximate surface area is 166 Å². The predicted molar refractivity (Wildman–Crippen MR) is 112 cm³/mol. The Bertz CT molecular complexity index is 914. The highest BCUT2D eigenvalue weighted by atomic mass is 19.1. The molecule has 3 nitrogen and oxygen atoms in total. The number of benzene rings is 2. The summed E-state index contributed by atoms with van der Waals surface area (Å²) in [5, 5.41) is 3.04. The van der Waals surface area contributed by atoms with Crippen LogP contribution in [0.1, 0.15) is 48.7 Å². The molecule has 0 aliphatic heterocycles. The van der Waals surface area contributed by atoms with E-state index in [0.717, 1.165) is 35.5 Å². The topological polar surface area (TPSA) is 34.0 Å². The third-order valence-corrected chi connectivity index (χ3v) is 4.96. The fourth-order valence-corrected chi connectivity index (χ4v) is 3.43. The average molecular weight is 378 g/mol. The minimum atomic E-state index is -0.278. The maximum absolute atomic E-state index is 13.4. The number of carbonyl (C=O) groups is 1. The van der Waals surface area contributed by atoms with Crippen molar-refractivity contribution >= 4 is 5.91 Å². The Balaban J connectivity index is 1.94. The predicted octanol–water partition coefficient (Wildman–Crippen LogP) is 5.90. The first-order valence-electron chi connectivity index (χ1n) is 9.93. The highest BCUT2D eigenvalue weighted by Gasteiger charge is 2.19. The molecule has 0 radical (unpaired) electrons. The van der Waals surface area contributed by atoms with Crippen LogP contribution in [-0.2, 0) is 0 Å². The standard InChI is InChI=1S/C24H27FN2O/c1-3-4-5-9-16-26-24(28)22-17-23(19-10-7-6-8-11-19)27(18(22)2)21-14-12-20(25)13-15-21/h6-8,10-15,17H,3-5,9,16H2,1-2H3,(H,26,28). The van der Waals surface area contributed by atoms with Crippen LogP contribution in [0.4, 0.5) is 4.39 Å². The van der Waals surface area contributed by atoms with Crippen molar-refractivity contribution in [3.63, 3.8) is 0 Å². The second kappa shape index (κ2) is 9.36. The lowest BCUT2D eigenvalue weighted by atomic mass is 10.1. The summed E-state index contributed by atoms with van der Waals surface area (Å²) in [7, 11) is 0. The molecule has 0 saturated carbocycles. The fourth-order valence-electron chi connectivity index (χ4n) is 3.43. The van der Waals surface area contributed by atoms with Gasteiger partial charge in [0.1, 0.15) is 5.82 Å². The minimum Gasteiger partial charge on any atom is -0.352 e. The fraction of sp³-hybridized carbons (Fsp3) is 0.292. The molecule has 1 heterocycles. The highest BCUT2D eigenvalue weighted by molar-refractivity contribution is 5.97. The Morgan fingerprint density at radius 2 is 1.71 bits per heavy atom. The van der Waals surface area contributed by atoms with Gasteiger partial charge in [-0.05, 0) is 49.2 Å². The summed E-state index contributed by atoms with van der Waals surface area (Å²) in [4.78, 5) is 12.8. The van der Waals surface area contributed by atoms with Crippen molar-refractivity contribution in [3.8, 4) is 16.9 Å². The molecule has 4 heteroatoms. The average Bonchev–Trinajstić information content (AvgIpc) is 3.06. The smallest absolute Gasteiger partial charge is 0.253 e. The molecule has 146 valence electrons. The van der Waals surface area contributed by atoms with Gasteiger partial charge in [-0.15, -0.1) is 0 Å². The molecule has 0 aliphatic rings. The van der Waals surface area contributed by atoms with E-state index in [0.29, 0.717) is 12.1 Å². The van der Waals surface area contributed by atoms with Crippen molar-refractivity contribution in [1.29, 1.82) is 0 Å². The van der Waals surface area contributed by atoms with Crippen molar-refractivity contribution in [3.05, 3.63) is 77.7 Å². The van der Waals surface area contributed by atoms with Gasteiger partial charge in [0.25, 0.3) is 5.91 Å². The van der Waals surface area contributed by atoms with Crippen LogP contribution in [-0.4, -0.2) is 17.0 Å². The van der Waals surface area contributed by atoms with Crippen LogP contribution in [0.25, 0.3) is 16.9 Å². The van der Waals surface area contributed by atoms with Gasteiger partial charge in [-0.2, -0.15) is 0 Å². The molecule has 28 heavy (non-hydrogen) atoms. The van der Waals surface area contributed by atoms with Crippen LogP contribution in [0.5, 0.6) is 0 Å². The maximum atomic E-state index is 13.4. The summed E-state index contributed by atoms with van der Waals surface area (Å²) in [6.45, 7) is 4.79. The molecule has 0 atom stereocenters. The molecule has 1 aromatic heterocycles. The first-order valence-corrected chi connectivity index (χ1v) is 9.93. The zero-order valence-electron chi connectivity index (χ0n) is 16.5. The van der Waals surface area contributed by atoms with E-state index in [1.54, 1.807) is 12.1 Å². The van der Waals surface area contributed by atoms with Crippen molar-refractivity contribution in [2.45, 2.75) is 39.5 Å². The molecule has 0 aliphatic carbocycles. The molecule has 0 bridgehead atoms. The summed E-state index contributed by atoms with van der Waals surface area (Å²) in [5.74, 6) is -0.341. The lowest BCUT2D eigenvalue weighted by Crippen LogP contribution is -2.24. The summed E-state index contributed by atoms with van der Waals surface area (Å²) in [6.07, 6.45) is 4.48. The SMILES string of the molecule is CCCCCCNC(=O)c1cc(-c2ccccc2)n(-c2ccc(F)cc2)c1C. The van der Waals surface area contributed by atoms with E-state index in [9.17, 15) is 9.18 Å². The molecule has 0 fully saturated rings. The first-order chi connectivity index (χ1) is 13.6. The van der Waals surface area contributed by atoms with Crippen LogP contribution >= 0.6 is 0 Å². The minimum absolute atomic E-state index is 0.0629. The lowest BCUT2D eigenvalue weighted by molar-refractivity contribution is 0.0952. The van der Waals surface area contributed by atoms with E-state index in [1.165, 1.54) is 25.0 Å². The van der Waals surface area contributed by atoms with Crippen LogP contribution in [0.15, 0.2) is 60.7 Å². The van der Waals surface area contributed by atoms with E-state index < -0.39 is 0 Å². The van der Waals surface area contributed by atoms with Crippen LogP contribution in [0.3, 0.4) is 0 Å². The molecule has 1 amide bonds.